The first-order valence-corrected chi connectivity index (χ1v) is 6.28. The van der Waals surface area contributed by atoms with Crippen LogP contribution in [0.3, 0.4) is 0 Å². The van der Waals surface area contributed by atoms with Crippen molar-refractivity contribution in [2.75, 3.05) is 19.8 Å². The Kier molecular flexibility index (Phi) is 6.76. The second kappa shape index (κ2) is 8.64. The van der Waals surface area contributed by atoms with E-state index in [1.165, 1.54) is 0 Å². The molecule has 3 heteroatoms. The summed E-state index contributed by atoms with van der Waals surface area (Å²) in [5.41, 5.74) is 0.777. The first kappa shape index (κ1) is 15.6. The number of rotatable bonds is 10. The SMILES string of the molecule is C=CCOc1cc(OCC=C)c(C=C)c(OCC=C)c1. The van der Waals surface area contributed by atoms with Crippen LogP contribution >= 0.6 is 0 Å². The zero-order valence-electron chi connectivity index (χ0n) is 11.6. The molecule has 0 atom stereocenters. The summed E-state index contributed by atoms with van der Waals surface area (Å²) in [6.07, 6.45) is 6.72. The molecule has 0 aromatic heterocycles. The molecule has 0 fully saturated rings. The van der Waals surface area contributed by atoms with E-state index in [4.69, 9.17) is 14.2 Å². The topological polar surface area (TPSA) is 27.7 Å². The second-order valence-corrected chi connectivity index (χ2v) is 3.84. The normalized spacial score (nSPS) is 9.40. The molecular formula is C17H20O3. The van der Waals surface area contributed by atoms with E-state index in [0.29, 0.717) is 37.1 Å². The van der Waals surface area contributed by atoms with Crippen molar-refractivity contribution < 1.29 is 14.2 Å². The highest BCUT2D eigenvalue weighted by Crippen LogP contribution is 2.35. The van der Waals surface area contributed by atoms with Gasteiger partial charge in [-0.2, -0.15) is 0 Å². The molecule has 0 heterocycles. The maximum absolute atomic E-state index is 5.62. The van der Waals surface area contributed by atoms with Gasteiger partial charge in [0.2, 0.25) is 0 Å². The summed E-state index contributed by atoms with van der Waals surface area (Å²) in [5.74, 6) is 1.93. The van der Waals surface area contributed by atoms with E-state index >= 15 is 0 Å². The van der Waals surface area contributed by atoms with Crippen molar-refractivity contribution in [3.8, 4) is 17.2 Å². The zero-order chi connectivity index (χ0) is 14.8. The number of hydrogen-bond donors (Lipinski definition) is 0. The lowest BCUT2D eigenvalue weighted by molar-refractivity contribution is 0.327. The standard InChI is InChI=1S/C17H20O3/c1-5-9-18-14-12-16(19-10-6-2)15(8-4)17(13-14)20-11-7-3/h5-8,12-13H,1-4,9-11H2. The van der Waals surface area contributed by atoms with Crippen molar-refractivity contribution in [2.24, 2.45) is 0 Å². The van der Waals surface area contributed by atoms with Gasteiger partial charge in [-0.1, -0.05) is 50.6 Å². The van der Waals surface area contributed by atoms with Crippen LogP contribution in [0.4, 0.5) is 0 Å². The van der Waals surface area contributed by atoms with Gasteiger partial charge in [0.15, 0.2) is 0 Å². The molecule has 0 amide bonds. The van der Waals surface area contributed by atoms with E-state index in [1.54, 1.807) is 36.4 Å². The van der Waals surface area contributed by atoms with Crippen LogP contribution < -0.4 is 14.2 Å². The smallest absolute Gasteiger partial charge is 0.134 e. The van der Waals surface area contributed by atoms with Gasteiger partial charge in [-0.25, -0.2) is 0 Å². The molecule has 3 nitrogen and oxygen atoms in total. The lowest BCUT2D eigenvalue weighted by Gasteiger charge is -2.15. The molecule has 1 aromatic carbocycles. The number of ether oxygens (including phenoxy) is 3. The third-order valence-corrected chi connectivity index (χ3v) is 2.36. The lowest BCUT2D eigenvalue weighted by Crippen LogP contribution is -2.02. The van der Waals surface area contributed by atoms with E-state index in [-0.39, 0.29) is 0 Å². The number of hydrogen-bond acceptors (Lipinski definition) is 3. The Bertz CT molecular complexity index is 456. The Morgan fingerprint density at radius 3 is 1.60 bits per heavy atom. The van der Waals surface area contributed by atoms with Gasteiger partial charge < -0.3 is 14.2 Å². The highest BCUT2D eigenvalue weighted by Gasteiger charge is 2.11. The van der Waals surface area contributed by atoms with Gasteiger partial charge in [0.25, 0.3) is 0 Å². The van der Waals surface area contributed by atoms with E-state index < -0.39 is 0 Å². The maximum Gasteiger partial charge on any atom is 0.134 e. The van der Waals surface area contributed by atoms with Crippen molar-refractivity contribution in [1.29, 1.82) is 0 Å². The minimum atomic E-state index is 0.395. The molecule has 0 saturated carbocycles. The summed E-state index contributed by atoms with van der Waals surface area (Å²) in [5, 5.41) is 0. The van der Waals surface area contributed by atoms with Gasteiger partial charge in [0, 0.05) is 12.1 Å². The summed E-state index contributed by atoms with van der Waals surface area (Å²) in [4.78, 5) is 0. The lowest BCUT2D eigenvalue weighted by atomic mass is 10.1. The summed E-state index contributed by atoms with van der Waals surface area (Å²) in [6.45, 7) is 15.9. The minimum absolute atomic E-state index is 0.395. The van der Waals surface area contributed by atoms with Gasteiger partial charge in [0.05, 0.1) is 5.56 Å². The van der Waals surface area contributed by atoms with Crippen molar-refractivity contribution in [1.82, 2.24) is 0 Å². The summed E-state index contributed by atoms with van der Waals surface area (Å²) in [6, 6.07) is 3.59. The van der Waals surface area contributed by atoms with Gasteiger partial charge in [-0.05, 0) is 0 Å². The van der Waals surface area contributed by atoms with Crippen LogP contribution in [-0.2, 0) is 0 Å². The van der Waals surface area contributed by atoms with E-state index in [0.717, 1.165) is 5.56 Å². The van der Waals surface area contributed by atoms with Gasteiger partial charge in [-0.3, -0.25) is 0 Å². The average molecular weight is 272 g/mol. The molecule has 0 radical (unpaired) electrons. The highest BCUT2D eigenvalue weighted by molar-refractivity contribution is 5.65. The highest BCUT2D eigenvalue weighted by atomic mass is 16.5. The van der Waals surface area contributed by atoms with Crippen LogP contribution in [0.1, 0.15) is 5.56 Å². The van der Waals surface area contributed by atoms with E-state index in [9.17, 15) is 0 Å². The minimum Gasteiger partial charge on any atom is -0.489 e. The third kappa shape index (κ3) is 4.35. The molecule has 1 rings (SSSR count). The van der Waals surface area contributed by atoms with Crippen molar-refractivity contribution in [2.45, 2.75) is 0 Å². The molecule has 0 bridgehead atoms. The largest absolute Gasteiger partial charge is 0.489 e. The summed E-state index contributed by atoms with van der Waals surface area (Å²) < 4.78 is 16.8. The fourth-order valence-electron chi connectivity index (χ4n) is 1.55. The first-order chi connectivity index (χ1) is 9.76. The molecule has 0 aliphatic rings. The van der Waals surface area contributed by atoms with Gasteiger partial charge >= 0.3 is 0 Å². The fourth-order valence-corrected chi connectivity index (χ4v) is 1.55. The van der Waals surface area contributed by atoms with E-state index in [2.05, 4.69) is 26.3 Å². The molecule has 0 N–H and O–H groups in total. The van der Waals surface area contributed by atoms with Gasteiger partial charge in [-0.15, -0.1) is 0 Å². The molecule has 0 spiro atoms. The molecule has 1 aromatic rings. The second-order valence-electron chi connectivity index (χ2n) is 3.84. The van der Waals surface area contributed by atoms with Crippen molar-refractivity contribution >= 4 is 6.08 Å². The molecular weight excluding hydrogens is 252 g/mol. The number of benzene rings is 1. The maximum atomic E-state index is 5.62. The predicted molar refractivity (Wildman–Crippen MR) is 83.6 cm³/mol. The first-order valence-electron chi connectivity index (χ1n) is 6.28. The fraction of sp³-hybridized carbons (Fsp3) is 0.176. The monoisotopic (exact) mass is 272 g/mol. The molecule has 0 unspecified atom stereocenters. The van der Waals surface area contributed by atoms with Crippen LogP contribution in [0.15, 0.2) is 56.7 Å². The zero-order valence-corrected chi connectivity index (χ0v) is 11.6. The summed E-state index contributed by atoms with van der Waals surface area (Å²) >= 11 is 0. The average Bonchev–Trinajstić information content (AvgIpc) is 2.48. The van der Waals surface area contributed by atoms with Crippen molar-refractivity contribution in [3.05, 3.63) is 62.2 Å². The van der Waals surface area contributed by atoms with Crippen LogP contribution in [0.5, 0.6) is 17.2 Å². The van der Waals surface area contributed by atoms with Crippen LogP contribution in [0, 0.1) is 0 Å². The van der Waals surface area contributed by atoms with Crippen LogP contribution in [0.2, 0.25) is 0 Å². The van der Waals surface area contributed by atoms with Crippen LogP contribution in [0.25, 0.3) is 6.08 Å². The molecule has 0 aliphatic heterocycles. The molecule has 106 valence electrons. The summed E-state index contributed by atoms with van der Waals surface area (Å²) in [7, 11) is 0. The molecule has 0 saturated heterocycles. The van der Waals surface area contributed by atoms with Crippen LogP contribution in [-0.4, -0.2) is 19.8 Å². The predicted octanol–water partition coefficient (Wildman–Crippen LogP) is 4.02. The Morgan fingerprint density at radius 2 is 1.20 bits per heavy atom. The Labute approximate surface area is 120 Å². The Balaban J connectivity index is 3.14. The Morgan fingerprint density at radius 1 is 0.750 bits per heavy atom. The third-order valence-electron chi connectivity index (χ3n) is 2.36. The molecule has 0 aliphatic carbocycles. The van der Waals surface area contributed by atoms with Gasteiger partial charge in [0.1, 0.15) is 37.1 Å². The quantitative estimate of drug-likeness (QED) is 0.602. The Hall–Kier alpha value is -2.42. The van der Waals surface area contributed by atoms with E-state index in [1.807, 2.05) is 0 Å². The van der Waals surface area contributed by atoms with Crippen molar-refractivity contribution in [3.63, 3.8) is 0 Å². The molecule has 20 heavy (non-hydrogen) atoms.